The Morgan fingerprint density at radius 3 is 2.88 bits per heavy atom. The van der Waals surface area contributed by atoms with Crippen LogP contribution in [0.3, 0.4) is 0 Å². The fraction of sp³-hybridized carbons (Fsp3) is 0.381. The molecule has 3 aromatic heterocycles. The van der Waals surface area contributed by atoms with Crippen LogP contribution in [0.4, 0.5) is 0 Å². The van der Waals surface area contributed by atoms with E-state index in [1.54, 1.807) is 12.4 Å². The Hall–Kier alpha value is -2.71. The predicted molar refractivity (Wildman–Crippen MR) is 99.6 cm³/mol. The molecule has 0 aromatic carbocycles. The Bertz CT molecular complexity index is 1010. The molecule has 0 radical (unpaired) electrons. The number of aromatic nitrogens is 3. The fourth-order valence-corrected chi connectivity index (χ4v) is 4.30. The molecule has 5 nitrogen and oxygen atoms in total. The van der Waals surface area contributed by atoms with Gasteiger partial charge in [0.15, 0.2) is 0 Å². The largest absolute Gasteiger partial charge is 0.306 e. The molecule has 0 unspecified atom stereocenters. The summed E-state index contributed by atoms with van der Waals surface area (Å²) in [5.41, 5.74) is 5.25. The van der Waals surface area contributed by atoms with Crippen LogP contribution in [0.15, 0.2) is 43.0 Å². The van der Waals surface area contributed by atoms with Crippen LogP contribution >= 0.6 is 0 Å². The summed E-state index contributed by atoms with van der Waals surface area (Å²) in [4.78, 5) is 11.6. The molecule has 1 aliphatic carbocycles. The van der Waals surface area contributed by atoms with Crippen molar-refractivity contribution in [1.82, 2.24) is 19.3 Å². The van der Waals surface area contributed by atoms with Crippen LogP contribution in [-0.4, -0.2) is 37.9 Å². The number of likely N-dealkylation sites (tertiary alicyclic amines) is 1. The second-order valence-electron chi connectivity index (χ2n) is 7.55. The molecule has 4 heterocycles. The zero-order valence-electron chi connectivity index (χ0n) is 14.7. The van der Waals surface area contributed by atoms with Gasteiger partial charge in [-0.05, 0) is 50.4 Å². The lowest BCUT2D eigenvalue weighted by Crippen LogP contribution is -2.32. The van der Waals surface area contributed by atoms with Crippen LogP contribution in [0.1, 0.15) is 36.9 Å². The lowest BCUT2D eigenvalue weighted by molar-refractivity contribution is 0.238. The van der Waals surface area contributed by atoms with Crippen molar-refractivity contribution in [2.45, 2.75) is 37.6 Å². The van der Waals surface area contributed by atoms with Gasteiger partial charge in [-0.1, -0.05) is 0 Å². The first-order chi connectivity index (χ1) is 12.8. The van der Waals surface area contributed by atoms with Gasteiger partial charge in [-0.2, -0.15) is 5.26 Å². The average molecular weight is 343 g/mol. The highest BCUT2D eigenvalue weighted by Gasteiger charge is 2.49. The van der Waals surface area contributed by atoms with Crippen molar-refractivity contribution in [3.8, 4) is 17.2 Å². The third-order valence-electron chi connectivity index (χ3n) is 5.91. The number of fused-ring (bicyclic) bond motifs is 1. The normalized spacial score (nSPS) is 18.4. The first-order valence-corrected chi connectivity index (χ1v) is 9.34. The Labute approximate surface area is 152 Å². The van der Waals surface area contributed by atoms with Crippen molar-refractivity contribution >= 4 is 5.65 Å². The third kappa shape index (κ3) is 2.67. The van der Waals surface area contributed by atoms with Crippen molar-refractivity contribution < 1.29 is 0 Å². The van der Waals surface area contributed by atoms with E-state index >= 15 is 0 Å². The number of rotatable bonds is 4. The van der Waals surface area contributed by atoms with Gasteiger partial charge in [-0.3, -0.25) is 9.88 Å². The zero-order chi connectivity index (χ0) is 17.6. The highest BCUT2D eigenvalue weighted by Crippen LogP contribution is 2.49. The summed E-state index contributed by atoms with van der Waals surface area (Å²) in [6.07, 6.45) is 14.1. The average Bonchev–Trinajstić information content (AvgIpc) is 3.17. The lowest BCUT2D eigenvalue weighted by atomic mass is 10.1. The molecule has 2 aliphatic rings. The third-order valence-corrected chi connectivity index (χ3v) is 5.91. The van der Waals surface area contributed by atoms with Crippen molar-refractivity contribution in [3.05, 3.63) is 54.2 Å². The van der Waals surface area contributed by atoms with E-state index in [0.29, 0.717) is 11.1 Å². The van der Waals surface area contributed by atoms with Gasteiger partial charge in [0.2, 0.25) is 0 Å². The smallest absolute Gasteiger partial charge is 0.137 e. The maximum absolute atomic E-state index is 9.07. The summed E-state index contributed by atoms with van der Waals surface area (Å²) in [7, 11) is 0. The van der Waals surface area contributed by atoms with E-state index in [0.717, 1.165) is 35.4 Å². The van der Waals surface area contributed by atoms with Crippen molar-refractivity contribution in [1.29, 1.82) is 5.26 Å². The minimum absolute atomic E-state index is 0.561. The summed E-state index contributed by atoms with van der Waals surface area (Å²) >= 11 is 0. The van der Waals surface area contributed by atoms with Gasteiger partial charge in [0.25, 0.3) is 0 Å². The molecule has 130 valence electrons. The number of nitrogens with zero attached hydrogens (tertiary/aromatic N) is 5. The number of hydrogen-bond acceptors (Lipinski definition) is 4. The first kappa shape index (κ1) is 15.5. The molecule has 5 heteroatoms. The molecule has 3 aromatic rings. The number of nitriles is 1. The first-order valence-electron chi connectivity index (χ1n) is 9.34. The summed E-state index contributed by atoms with van der Waals surface area (Å²) in [6, 6.07) is 8.10. The summed E-state index contributed by atoms with van der Waals surface area (Å²) in [6.45, 7) is 2.37. The van der Waals surface area contributed by atoms with Gasteiger partial charge in [-0.25, -0.2) is 4.98 Å². The summed E-state index contributed by atoms with van der Waals surface area (Å²) in [5, 5.41) is 9.07. The summed E-state index contributed by atoms with van der Waals surface area (Å²) in [5.74, 6) is 0. The molecular weight excluding hydrogens is 322 g/mol. The molecule has 0 atom stereocenters. The Morgan fingerprint density at radius 2 is 2.04 bits per heavy atom. The lowest BCUT2D eigenvalue weighted by Gasteiger charge is -2.23. The second kappa shape index (κ2) is 5.93. The molecule has 1 saturated carbocycles. The van der Waals surface area contributed by atoms with Gasteiger partial charge in [0.05, 0.1) is 11.3 Å². The van der Waals surface area contributed by atoms with E-state index in [-0.39, 0.29) is 0 Å². The number of pyridine rings is 2. The Kier molecular flexibility index (Phi) is 3.54. The molecule has 5 rings (SSSR count). The minimum atomic E-state index is 0.561. The zero-order valence-corrected chi connectivity index (χ0v) is 14.7. The van der Waals surface area contributed by atoms with Crippen LogP contribution in [0.2, 0.25) is 0 Å². The quantitative estimate of drug-likeness (QED) is 0.728. The molecular formula is C21H21N5. The molecule has 2 fully saturated rings. The van der Waals surface area contributed by atoms with E-state index in [1.807, 2.05) is 18.2 Å². The van der Waals surface area contributed by atoms with Gasteiger partial charge >= 0.3 is 0 Å². The maximum Gasteiger partial charge on any atom is 0.137 e. The highest BCUT2D eigenvalue weighted by atomic mass is 15.2. The van der Waals surface area contributed by atoms with E-state index in [4.69, 9.17) is 10.2 Å². The van der Waals surface area contributed by atoms with Crippen LogP contribution < -0.4 is 0 Å². The van der Waals surface area contributed by atoms with Crippen molar-refractivity contribution in [3.63, 3.8) is 0 Å². The molecule has 1 aliphatic heterocycles. The van der Waals surface area contributed by atoms with Gasteiger partial charge in [-0.15, -0.1) is 0 Å². The minimum Gasteiger partial charge on any atom is -0.306 e. The summed E-state index contributed by atoms with van der Waals surface area (Å²) < 4.78 is 2.08. The maximum atomic E-state index is 9.07. The monoisotopic (exact) mass is 343 g/mol. The molecule has 0 bridgehead atoms. The molecule has 26 heavy (non-hydrogen) atoms. The van der Waals surface area contributed by atoms with Crippen molar-refractivity contribution in [2.75, 3.05) is 13.1 Å². The number of imidazole rings is 1. The van der Waals surface area contributed by atoms with Crippen molar-refractivity contribution in [2.24, 2.45) is 0 Å². The van der Waals surface area contributed by atoms with Crippen LogP contribution in [0.25, 0.3) is 16.8 Å². The van der Waals surface area contributed by atoms with Crippen LogP contribution in [-0.2, 0) is 6.42 Å². The van der Waals surface area contributed by atoms with Gasteiger partial charge in [0.1, 0.15) is 11.7 Å². The van der Waals surface area contributed by atoms with Gasteiger partial charge < -0.3 is 4.40 Å². The van der Waals surface area contributed by atoms with Gasteiger partial charge in [0, 0.05) is 54.4 Å². The predicted octanol–water partition coefficient (Wildman–Crippen LogP) is 3.44. The highest BCUT2D eigenvalue weighted by molar-refractivity contribution is 5.65. The van der Waals surface area contributed by atoms with E-state index in [9.17, 15) is 0 Å². The Morgan fingerprint density at radius 1 is 1.12 bits per heavy atom. The van der Waals surface area contributed by atoms with E-state index in [2.05, 4.69) is 32.7 Å². The topological polar surface area (TPSA) is 57.2 Å². The molecule has 0 N–H and O–H groups in total. The second-order valence-corrected chi connectivity index (χ2v) is 7.55. The SMILES string of the molecule is N#Cc1cncc(-c2ccc3nc(CCN4CCCC45CC5)cn3c2)c1. The standard InChI is InChI=1S/C21H21N5/c22-11-16-10-18(13-23-12-16)17-2-3-20-24-19(15-25(20)14-17)4-9-26-8-1-5-21(26)6-7-21/h2-3,10,12-15H,1,4-9H2. The fourth-order valence-electron chi connectivity index (χ4n) is 4.30. The Balaban J connectivity index is 1.37. The van der Waals surface area contributed by atoms with Crippen LogP contribution in [0, 0.1) is 11.3 Å². The number of hydrogen-bond donors (Lipinski definition) is 0. The van der Waals surface area contributed by atoms with E-state index in [1.165, 1.54) is 32.2 Å². The molecule has 0 amide bonds. The van der Waals surface area contributed by atoms with E-state index < -0.39 is 0 Å². The van der Waals surface area contributed by atoms with Crippen LogP contribution in [0.5, 0.6) is 0 Å². The molecule has 1 saturated heterocycles. The molecule has 1 spiro atoms.